The molecule has 0 saturated heterocycles. The van der Waals surface area contributed by atoms with E-state index in [4.69, 9.17) is 0 Å². The Labute approximate surface area is 96.3 Å². The quantitative estimate of drug-likeness (QED) is 0.710. The number of hydrogen-bond acceptors (Lipinski definition) is 3. The third-order valence-electron chi connectivity index (χ3n) is 2.41. The molecular formula is C11H10FN5. The number of aryl methyl sites for hydroxylation is 1. The molecular weight excluding hydrogens is 221 g/mol. The molecule has 0 aliphatic carbocycles. The fraction of sp³-hybridized carbons (Fsp3) is 0.0909. The Morgan fingerprint density at radius 2 is 2.29 bits per heavy atom. The van der Waals surface area contributed by atoms with E-state index in [1.807, 2.05) is 13.2 Å². The Balaban J connectivity index is 1.95. The molecule has 3 rings (SSSR count). The smallest absolute Gasteiger partial charge is 0.205 e. The molecule has 0 radical (unpaired) electrons. The lowest BCUT2D eigenvalue weighted by Gasteiger charge is -1.95. The molecule has 0 saturated carbocycles. The SMILES string of the molecule is Cn1cc(Nc2nc3ccc(F)cc3[nH]2)cn1. The summed E-state index contributed by atoms with van der Waals surface area (Å²) in [7, 11) is 1.83. The topological polar surface area (TPSA) is 58.5 Å². The van der Waals surface area contributed by atoms with Crippen LogP contribution in [0.1, 0.15) is 0 Å². The van der Waals surface area contributed by atoms with E-state index in [0.717, 1.165) is 11.2 Å². The van der Waals surface area contributed by atoms with E-state index in [0.29, 0.717) is 11.5 Å². The van der Waals surface area contributed by atoms with Crippen molar-refractivity contribution in [1.29, 1.82) is 0 Å². The van der Waals surface area contributed by atoms with Gasteiger partial charge in [0.15, 0.2) is 0 Å². The van der Waals surface area contributed by atoms with Gasteiger partial charge in [0, 0.05) is 13.2 Å². The lowest BCUT2D eigenvalue weighted by Crippen LogP contribution is -1.90. The van der Waals surface area contributed by atoms with Gasteiger partial charge in [0.1, 0.15) is 5.82 Å². The van der Waals surface area contributed by atoms with E-state index in [1.54, 1.807) is 16.9 Å². The van der Waals surface area contributed by atoms with Crippen LogP contribution in [0.25, 0.3) is 11.0 Å². The summed E-state index contributed by atoms with van der Waals surface area (Å²) in [5.41, 5.74) is 2.21. The minimum atomic E-state index is -0.283. The van der Waals surface area contributed by atoms with E-state index in [2.05, 4.69) is 20.4 Å². The molecule has 2 N–H and O–H groups in total. The molecule has 0 atom stereocenters. The summed E-state index contributed by atoms with van der Waals surface area (Å²) in [6.45, 7) is 0. The number of rotatable bonds is 2. The van der Waals surface area contributed by atoms with E-state index in [-0.39, 0.29) is 5.82 Å². The average Bonchev–Trinajstić information content (AvgIpc) is 2.84. The Morgan fingerprint density at radius 1 is 1.41 bits per heavy atom. The average molecular weight is 231 g/mol. The second-order valence-corrected chi connectivity index (χ2v) is 3.77. The number of nitrogens with zero attached hydrogens (tertiary/aromatic N) is 3. The number of halogens is 1. The van der Waals surface area contributed by atoms with Crippen LogP contribution in [0.15, 0.2) is 30.6 Å². The number of hydrogen-bond donors (Lipinski definition) is 2. The largest absolute Gasteiger partial charge is 0.324 e. The van der Waals surface area contributed by atoms with Crippen LogP contribution in [0, 0.1) is 5.82 Å². The van der Waals surface area contributed by atoms with Crippen LogP contribution < -0.4 is 5.32 Å². The van der Waals surface area contributed by atoms with Gasteiger partial charge in [0.25, 0.3) is 0 Å². The van der Waals surface area contributed by atoms with Crippen molar-refractivity contribution >= 4 is 22.7 Å². The number of H-pyrrole nitrogens is 1. The second kappa shape index (κ2) is 3.58. The minimum absolute atomic E-state index is 0.283. The summed E-state index contributed by atoms with van der Waals surface area (Å²) < 4.78 is 14.7. The van der Waals surface area contributed by atoms with Gasteiger partial charge in [-0.2, -0.15) is 5.10 Å². The van der Waals surface area contributed by atoms with E-state index >= 15 is 0 Å². The van der Waals surface area contributed by atoms with Gasteiger partial charge < -0.3 is 10.3 Å². The molecule has 17 heavy (non-hydrogen) atoms. The fourth-order valence-corrected chi connectivity index (χ4v) is 1.66. The Kier molecular flexibility index (Phi) is 2.07. The highest BCUT2D eigenvalue weighted by atomic mass is 19.1. The van der Waals surface area contributed by atoms with Crippen LogP contribution >= 0.6 is 0 Å². The summed E-state index contributed by atoms with van der Waals surface area (Å²) >= 11 is 0. The number of benzene rings is 1. The molecule has 0 aliphatic rings. The van der Waals surface area contributed by atoms with Crippen molar-refractivity contribution in [2.24, 2.45) is 7.05 Å². The predicted octanol–water partition coefficient (Wildman–Crippen LogP) is 2.18. The van der Waals surface area contributed by atoms with Crippen molar-refractivity contribution in [3.63, 3.8) is 0 Å². The van der Waals surface area contributed by atoms with Gasteiger partial charge in [-0.25, -0.2) is 9.37 Å². The van der Waals surface area contributed by atoms with Gasteiger partial charge in [-0.3, -0.25) is 4.68 Å². The molecule has 3 aromatic rings. The van der Waals surface area contributed by atoms with Gasteiger partial charge in [-0.05, 0) is 18.2 Å². The molecule has 2 aromatic heterocycles. The van der Waals surface area contributed by atoms with Gasteiger partial charge in [0.05, 0.1) is 22.9 Å². The number of anilines is 2. The van der Waals surface area contributed by atoms with E-state index in [1.165, 1.54) is 12.1 Å². The molecule has 1 aromatic carbocycles. The summed E-state index contributed by atoms with van der Waals surface area (Å²) in [4.78, 5) is 7.28. The molecule has 6 heteroatoms. The summed E-state index contributed by atoms with van der Waals surface area (Å²) in [6, 6.07) is 4.43. The number of aromatic amines is 1. The Hall–Kier alpha value is -2.37. The van der Waals surface area contributed by atoms with E-state index in [9.17, 15) is 4.39 Å². The molecule has 0 amide bonds. The van der Waals surface area contributed by atoms with Gasteiger partial charge >= 0.3 is 0 Å². The molecule has 2 heterocycles. The molecule has 86 valence electrons. The monoisotopic (exact) mass is 231 g/mol. The number of fused-ring (bicyclic) bond motifs is 1. The molecule has 0 unspecified atom stereocenters. The lowest BCUT2D eigenvalue weighted by atomic mass is 10.3. The van der Waals surface area contributed by atoms with Crippen LogP contribution in [0.2, 0.25) is 0 Å². The van der Waals surface area contributed by atoms with Crippen LogP contribution in [0.5, 0.6) is 0 Å². The van der Waals surface area contributed by atoms with Crippen molar-refractivity contribution in [1.82, 2.24) is 19.7 Å². The van der Waals surface area contributed by atoms with Gasteiger partial charge in [-0.15, -0.1) is 0 Å². The molecule has 0 bridgehead atoms. The first-order valence-corrected chi connectivity index (χ1v) is 5.12. The summed E-state index contributed by atoms with van der Waals surface area (Å²) in [6.07, 6.45) is 3.52. The molecule has 0 fully saturated rings. The third-order valence-corrected chi connectivity index (χ3v) is 2.41. The molecule has 5 nitrogen and oxygen atoms in total. The first-order chi connectivity index (χ1) is 8.20. The molecule has 0 aliphatic heterocycles. The predicted molar refractivity (Wildman–Crippen MR) is 62.5 cm³/mol. The van der Waals surface area contributed by atoms with E-state index < -0.39 is 0 Å². The Morgan fingerprint density at radius 3 is 3.06 bits per heavy atom. The van der Waals surface area contributed by atoms with Gasteiger partial charge in [0.2, 0.25) is 5.95 Å². The van der Waals surface area contributed by atoms with Crippen LogP contribution in [-0.2, 0) is 7.05 Å². The van der Waals surface area contributed by atoms with Crippen molar-refractivity contribution in [3.05, 3.63) is 36.4 Å². The van der Waals surface area contributed by atoms with Crippen LogP contribution in [0.3, 0.4) is 0 Å². The second-order valence-electron chi connectivity index (χ2n) is 3.77. The molecule has 0 spiro atoms. The summed E-state index contributed by atoms with van der Waals surface area (Å²) in [5.74, 6) is 0.285. The summed E-state index contributed by atoms with van der Waals surface area (Å²) in [5, 5.41) is 7.09. The number of nitrogens with one attached hydrogen (secondary N) is 2. The highest BCUT2D eigenvalue weighted by molar-refractivity contribution is 5.78. The van der Waals surface area contributed by atoms with Crippen LogP contribution in [-0.4, -0.2) is 19.7 Å². The lowest BCUT2D eigenvalue weighted by molar-refractivity contribution is 0.629. The zero-order valence-electron chi connectivity index (χ0n) is 9.11. The maximum Gasteiger partial charge on any atom is 0.205 e. The van der Waals surface area contributed by atoms with Crippen molar-refractivity contribution < 1.29 is 4.39 Å². The standard InChI is InChI=1S/C11H10FN5/c1-17-6-8(5-13-17)14-11-15-9-3-2-7(12)4-10(9)16-11/h2-6H,1H3,(H2,14,15,16). The fourth-order valence-electron chi connectivity index (χ4n) is 1.66. The number of imidazole rings is 1. The van der Waals surface area contributed by atoms with Crippen molar-refractivity contribution in [2.75, 3.05) is 5.32 Å². The minimum Gasteiger partial charge on any atom is -0.324 e. The maximum absolute atomic E-state index is 13.0. The third kappa shape index (κ3) is 1.84. The first-order valence-electron chi connectivity index (χ1n) is 5.12. The Bertz CT molecular complexity index is 669. The van der Waals surface area contributed by atoms with Gasteiger partial charge in [-0.1, -0.05) is 0 Å². The zero-order chi connectivity index (χ0) is 11.8. The normalized spacial score (nSPS) is 10.9. The highest BCUT2D eigenvalue weighted by Gasteiger charge is 2.04. The first kappa shape index (κ1) is 9.83. The highest BCUT2D eigenvalue weighted by Crippen LogP contribution is 2.18. The van der Waals surface area contributed by atoms with Crippen LogP contribution in [0.4, 0.5) is 16.0 Å². The van der Waals surface area contributed by atoms with Crippen molar-refractivity contribution in [2.45, 2.75) is 0 Å². The number of aromatic nitrogens is 4. The van der Waals surface area contributed by atoms with Crippen molar-refractivity contribution in [3.8, 4) is 0 Å². The zero-order valence-corrected chi connectivity index (χ0v) is 9.11. The maximum atomic E-state index is 13.0.